The molecule has 0 bridgehead atoms. The molecule has 0 aliphatic heterocycles. The molecule has 2 aromatic carbocycles. The first-order valence-electron chi connectivity index (χ1n) is 19.9. The van der Waals surface area contributed by atoms with Crippen molar-refractivity contribution in [1.29, 1.82) is 0 Å². The molecule has 0 N–H and O–H groups in total. The zero-order valence-electron chi connectivity index (χ0n) is 30.1. The minimum atomic E-state index is -0.226. The van der Waals surface area contributed by atoms with Gasteiger partial charge >= 0.3 is 0 Å². The summed E-state index contributed by atoms with van der Waals surface area (Å²) in [5, 5.41) is 0. The first kappa shape index (κ1) is 36.7. The predicted octanol–water partition coefficient (Wildman–Crippen LogP) is 12.7. The van der Waals surface area contributed by atoms with Crippen molar-refractivity contribution >= 4 is 0 Å². The monoisotopic (exact) mass is 656 g/mol. The second-order valence-electron chi connectivity index (χ2n) is 15.3. The Morgan fingerprint density at radius 2 is 1.38 bits per heavy atom. The molecule has 2 aromatic rings. The molecule has 262 valence electrons. The van der Waals surface area contributed by atoms with E-state index in [1.54, 1.807) is 6.07 Å². The molecule has 3 fully saturated rings. The van der Waals surface area contributed by atoms with Gasteiger partial charge in [-0.1, -0.05) is 74.9 Å². The van der Waals surface area contributed by atoms with Gasteiger partial charge in [0.15, 0.2) is 0 Å². The van der Waals surface area contributed by atoms with E-state index in [2.05, 4.69) is 62.1 Å². The number of alkyl halides is 1. The first-order valence-corrected chi connectivity index (χ1v) is 19.9. The van der Waals surface area contributed by atoms with Crippen LogP contribution in [0.4, 0.5) is 8.78 Å². The maximum absolute atomic E-state index is 14.9. The molecule has 3 saturated carbocycles. The number of rotatable bonds is 14. The van der Waals surface area contributed by atoms with Crippen molar-refractivity contribution in [2.45, 2.75) is 142 Å². The van der Waals surface area contributed by atoms with Gasteiger partial charge in [-0.15, -0.1) is 0 Å². The highest BCUT2D eigenvalue weighted by molar-refractivity contribution is 5.49. The number of hydrogen-bond acceptors (Lipinski definition) is 1. The lowest BCUT2D eigenvalue weighted by Gasteiger charge is -2.36. The van der Waals surface area contributed by atoms with Crippen molar-refractivity contribution in [2.75, 3.05) is 13.3 Å². The average molecular weight is 657 g/mol. The predicted molar refractivity (Wildman–Crippen MR) is 198 cm³/mol. The van der Waals surface area contributed by atoms with Gasteiger partial charge in [0.25, 0.3) is 0 Å². The summed E-state index contributed by atoms with van der Waals surface area (Å²) in [4.78, 5) is 0. The van der Waals surface area contributed by atoms with Crippen molar-refractivity contribution < 1.29 is 13.5 Å². The Balaban J connectivity index is 1.03. The lowest BCUT2D eigenvalue weighted by atomic mass is 9.69. The second kappa shape index (κ2) is 19.6. The van der Waals surface area contributed by atoms with Gasteiger partial charge < -0.3 is 4.74 Å². The van der Waals surface area contributed by atoms with Gasteiger partial charge in [-0.05, 0) is 168 Å². The molecule has 3 aliphatic rings. The quantitative estimate of drug-likeness (QED) is 0.112. The van der Waals surface area contributed by atoms with Crippen LogP contribution in [-0.4, -0.2) is 13.3 Å². The number of hydrogen-bond donors (Lipinski definition) is 0. The summed E-state index contributed by atoms with van der Waals surface area (Å²) < 4.78 is 33.5. The molecule has 0 atom stereocenters. The summed E-state index contributed by atoms with van der Waals surface area (Å²) in [6, 6.07) is 12.6. The lowest BCUT2D eigenvalue weighted by Crippen LogP contribution is -2.25. The van der Waals surface area contributed by atoms with E-state index in [4.69, 9.17) is 4.74 Å². The molecular weight excluding hydrogens is 594 g/mol. The number of halogens is 2. The highest BCUT2D eigenvalue weighted by Gasteiger charge is 2.30. The zero-order valence-corrected chi connectivity index (χ0v) is 30.1. The van der Waals surface area contributed by atoms with Gasteiger partial charge in [-0.25, -0.2) is 4.39 Å². The standard InChI is InChI=1S/C45H62F2O/c1-3-5-6-9-42-33-45(48-31-4-2)43(32-44(42)47)29-20-37-18-27-41(28-19-37)40-25-16-36(17-26-40)11-10-35-14-23-39(24-15-35)38-21-12-34(13-22-38)8-7-30-46/h10-13,21-22,32-33,35-37,39-41H,3-9,14-19,23-28,30-31H2,1-2H3/b11-10+. The van der Waals surface area contributed by atoms with E-state index < -0.39 is 0 Å². The molecule has 3 aliphatic carbocycles. The van der Waals surface area contributed by atoms with E-state index in [1.165, 1.54) is 88.2 Å². The molecule has 0 spiro atoms. The molecule has 0 unspecified atom stereocenters. The van der Waals surface area contributed by atoms with Crippen molar-refractivity contribution in [2.24, 2.45) is 29.6 Å². The molecule has 0 amide bonds. The van der Waals surface area contributed by atoms with E-state index in [0.717, 1.165) is 79.1 Å². The van der Waals surface area contributed by atoms with Crippen LogP contribution in [0.25, 0.3) is 0 Å². The van der Waals surface area contributed by atoms with E-state index in [1.807, 2.05) is 6.07 Å². The minimum Gasteiger partial charge on any atom is -0.492 e. The van der Waals surface area contributed by atoms with Crippen LogP contribution in [0.2, 0.25) is 0 Å². The number of ether oxygens (including phenoxy) is 1. The van der Waals surface area contributed by atoms with E-state index in [0.29, 0.717) is 24.9 Å². The fraction of sp³-hybridized carbons (Fsp3) is 0.644. The van der Waals surface area contributed by atoms with Gasteiger partial charge in [-0.2, -0.15) is 0 Å². The summed E-state index contributed by atoms with van der Waals surface area (Å²) in [5.74, 6) is 11.9. The van der Waals surface area contributed by atoms with Crippen molar-refractivity contribution in [3.8, 4) is 17.6 Å². The van der Waals surface area contributed by atoms with Gasteiger partial charge in [-0.3, -0.25) is 4.39 Å². The van der Waals surface area contributed by atoms with Crippen LogP contribution in [0.3, 0.4) is 0 Å². The molecular formula is C45H62F2O. The average Bonchev–Trinajstić information content (AvgIpc) is 3.13. The summed E-state index contributed by atoms with van der Waals surface area (Å²) in [5.41, 5.74) is 4.23. The molecule has 48 heavy (non-hydrogen) atoms. The fourth-order valence-electron chi connectivity index (χ4n) is 8.69. The van der Waals surface area contributed by atoms with Crippen molar-refractivity contribution in [3.63, 3.8) is 0 Å². The topological polar surface area (TPSA) is 9.23 Å². The van der Waals surface area contributed by atoms with Crippen molar-refractivity contribution in [1.82, 2.24) is 0 Å². The molecule has 5 rings (SSSR count). The highest BCUT2D eigenvalue weighted by Crippen LogP contribution is 2.42. The van der Waals surface area contributed by atoms with Crippen LogP contribution in [-0.2, 0) is 12.8 Å². The third kappa shape index (κ3) is 11.0. The molecule has 0 aromatic heterocycles. The third-order valence-corrected chi connectivity index (χ3v) is 11.8. The summed E-state index contributed by atoms with van der Waals surface area (Å²) in [7, 11) is 0. The first-order chi connectivity index (χ1) is 23.6. The van der Waals surface area contributed by atoms with Crippen LogP contribution in [0, 0.1) is 47.2 Å². The largest absolute Gasteiger partial charge is 0.492 e. The summed E-state index contributed by atoms with van der Waals surface area (Å²) in [6.07, 6.45) is 27.2. The zero-order chi connectivity index (χ0) is 33.6. The lowest BCUT2D eigenvalue weighted by molar-refractivity contribution is 0.168. The smallest absolute Gasteiger partial charge is 0.135 e. The van der Waals surface area contributed by atoms with Crippen molar-refractivity contribution in [3.05, 3.63) is 76.6 Å². The van der Waals surface area contributed by atoms with Crippen LogP contribution in [0.15, 0.2) is 48.6 Å². The van der Waals surface area contributed by atoms with Gasteiger partial charge in [0.2, 0.25) is 0 Å². The molecule has 3 heteroatoms. The van der Waals surface area contributed by atoms with E-state index in [-0.39, 0.29) is 12.5 Å². The van der Waals surface area contributed by atoms with Gasteiger partial charge in [0, 0.05) is 5.92 Å². The van der Waals surface area contributed by atoms with Crippen LogP contribution in [0.5, 0.6) is 5.75 Å². The maximum atomic E-state index is 14.9. The normalized spacial score (nSPS) is 26.2. The Kier molecular flexibility index (Phi) is 14.9. The SMILES string of the molecule is CCCCCc1cc(OCCC)c(C#CC2CCC(C3CCC(/C=C/C4CCC(c5ccc(CCCF)cc5)CC4)CC3)CC2)cc1F. The Labute approximate surface area is 291 Å². The van der Waals surface area contributed by atoms with E-state index >= 15 is 0 Å². The Hall–Kier alpha value is -2.60. The molecule has 0 saturated heterocycles. The fourth-order valence-corrected chi connectivity index (χ4v) is 8.69. The van der Waals surface area contributed by atoms with Gasteiger partial charge in [0.05, 0.1) is 18.8 Å². The minimum absolute atomic E-state index is 0.133. The Morgan fingerprint density at radius 3 is 2.00 bits per heavy atom. The van der Waals surface area contributed by atoms with E-state index in [9.17, 15) is 8.78 Å². The van der Waals surface area contributed by atoms with Crippen LogP contribution in [0.1, 0.15) is 151 Å². The number of benzene rings is 2. The Morgan fingerprint density at radius 1 is 0.729 bits per heavy atom. The van der Waals surface area contributed by atoms with Crippen LogP contribution < -0.4 is 4.74 Å². The summed E-state index contributed by atoms with van der Waals surface area (Å²) >= 11 is 0. The number of aryl methyl sites for hydroxylation is 2. The number of unbranched alkanes of at least 4 members (excludes halogenated alkanes) is 2. The highest BCUT2D eigenvalue weighted by atomic mass is 19.1. The number of allylic oxidation sites excluding steroid dienone is 2. The molecule has 0 radical (unpaired) electrons. The second-order valence-corrected chi connectivity index (χ2v) is 15.3. The van der Waals surface area contributed by atoms with Gasteiger partial charge in [0.1, 0.15) is 11.6 Å². The molecule has 1 nitrogen and oxygen atoms in total. The molecule has 0 heterocycles. The Bertz CT molecular complexity index is 1310. The third-order valence-electron chi connectivity index (χ3n) is 11.8. The maximum Gasteiger partial charge on any atom is 0.135 e. The van der Waals surface area contributed by atoms with Crippen LogP contribution >= 0.6 is 0 Å². The summed E-state index contributed by atoms with van der Waals surface area (Å²) in [6.45, 7) is 4.69.